The number of hydrogen-bond acceptors (Lipinski definition) is 4. The molecule has 1 aromatic rings. The molecule has 0 bridgehead atoms. The van der Waals surface area contributed by atoms with Crippen molar-refractivity contribution >= 4 is 15.7 Å². The minimum absolute atomic E-state index is 0.0413. The topological polar surface area (TPSA) is 83.6 Å². The normalized spacial score (nSPS) is 12.9. The summed E-state index contributed by atoms with van der Waals surface area (Å²) in [6.45, 7) is 7.02. The van der Waals surface area contributed by atoms with Crippen LogP contribution in [0.15, 0.2) is 23.1 Å². The van der Waals surface area contributed by atoms with Crippen molar-refractivity contribution in [2.24, 2.45) is 0 Å². The van der Waals surface area contributed by atoms with E-state index in [0.717, 1.165) is 5.56 Å². The van der Waals surface area contributed by atoms with Crippen molar-refractivity contribution in [1.29, 1.82) is 0 Å². The second-order valence-corrected chi connectivity index (χ2v) is 7.26. The van der Waals surface area contributed by atoms with Gasteiger partial charge in [0.2, 0.25) is 10.0 Å². The molecule has 3 N–H and O–H groups in total. The minimum Gasteiger partial charge on any atom is -0.399 e. The highest BCUT2D eigenvalue weighted by molar-refractivity contribution is 7.89. The van der Waals surface area contributed by atoms with Gasteiger partial charge in [0.15, 0.2) is 0 Å². The van der Waals surface area contributed by atoms with Crippen molar-refractivity contribution in [2.45, 2.75) is 38.2 Å². The molecule has 19 heavy (non-hydrogen) atoms. The Hall–Kier alpha value is -1.11. The van der Waals surface area contributed by atoms with Crippen molar-refractivity contribution in [3.05, 3.63) is 23.8 Å². The van der Waals surface area contributed by atoms with Gasteiger partial charge in [-0.2, -0.15) is 4.31 Å². The highest BCUT2D eigenvalue weighted by Crippen LogP contribution is 2.21. The molecule has 0 saturated carbocycles. The second-order valence-electron chi connectivity index (χ2n) is 5.32. The third kappa shape index (κ3) is 4.19. The number of aryl methyl sites for hydroxylation is 1. The summed E-state index contributed by atoms with van der Waals surface area (Å²) in [6, 6.07) is 4.74. The highest BCUT2D eigenvalue weighted by atomic mass is 32.2. The van der Waals surface area contributed by atoms with Crippen LogP contribution in [-0.2, 0) is 10.0 Å². The number of likely N-dealkylation sites (N-methyl/N-ethyl adjacent to an activating group) is 1. The lowest BCUT2D eigenvalue weighted by Gasteiger charge is -2.27. The summed E-state index contributed by atoms with van der Waals surface area (Å²) < 4.78 is 26.3. The van der Waals surface area contributed by atoms with Gasteiger partial charge in [0.05, 0.1) is 10.5 Å². The number of sulfonamides is 1. The molecule has 0 radical (unpaired) electrons. The Morgan fingerprint density at radius 3 is 2.32 bits per heavy atom. The first kappa shape index (κ1) is 15.9. The summed E-state index contributed by atoms with van der Waals surface area (Å²) in [5.74, 6) is 0. The molecule has 1 aromatic carbocycles. The first-order valence-electron chi connectivity index (χ1n) is 6.16. The molecule has 0 spiro atoms. The number of nitrogens with two attached hydrogens (primary N) is 1. The molecule has 108 valence electrons. The molecule has 0 aromatic heterocycles. The van der Waals surface area contributed by atoms with E-state index in [4.69, 9.17) is 5.73 Å². The van der Waals surface area contributed by atoms with Crippen LogP contribution in [0, 0.1) is 6.92 Å². The van der Waals surface area contributed by atoms with Crippen molar-refractivity contribution in [1.82, 2.24) is 4.31 Å². The van der Waals surface area contributed by atoms with Gasteiger partial charge in [-0.25, -0.2) is 8.42 Å². The van der Waals surface area contributed by atoms with Crippen LogP contribution in [0.5, 0.6) is 0 Å². The molecule has 1 rings (SSSR count). The Morgan fingerprint density at radius 1 is 1.32 bits per heavy atom. The average Bonchev–Trinajstić information content (AvgIpc) is 2.23. The lowest BCUT2D eigenvalue weighted by molar-refractivity contribution is 0.0601. The lowest BCUT2D eigenvalue weighted by atomic mass is 10.1. The summed E-state index contributed by atoms with van der Waals surface area (Å²) in [4.78, 5) is 0.163. The van der Waals surface area contributed by atoms with Crippen LogP contribution in [0.3, 0.4) is 0 Å². The SMILES string of the molecule is CCN(CC(C)(C)O)S(=O)(=O)c1cc(C)cc(N)c1. The van der Waals surface area contributed by atoms with Crippen molar-refractivity contribution in [2.75, 3.05) is 18.8 Å². The predicted octanol–water partition coefficient (Wildman–Crippen LogP) is 1.36. The van der Waals surface area contributed by atoms with E-state index >= 15 is 0 Å². The lowest BCUT2D eigenvalue weighted by Crippen LogP contribution is -2.42. The van der Waals surface area contributed by atoms with E-state index in [1.807, 2.05) is 0 Å². The van der Waals surface area contributed by atoms with Crippen LogP contribution >= 0.6 is 0 Å². The van der Waals surface area contributed by atoms with Crippen LogP contribution < -0.4 is 5.73 Å². The Bertz CT molecular complexity index is 527. The van der Waals surface area contributed by atoms with Gasteiger partial charge in [-0.05, 0) is 44.5 Å². The molecular weight excluding hydrogens is 264 g/mol. The predicted molar refractivity (Wildman–Crippen MR) is 76.3 cm³/mol. The molecule has 0 aliphatic heterocycles. The maximum atomic E-state index is 12.5. The van der Waals surface area contributed by atoms with E-state index in [0.29, 0.717) is 12.2 Å². The molecule has 0 unspecified atom stereocenters. The molecule has 0 heterocycles. The minimum atomic E-state index is -3.64. The van der Waals surface area contributed by atoms with Crippen LogP contribution in [0.4, 0.5) is 5.69 Å². The Morgan fingerprint density at radius 2 is 1.89 bits per heavy atom. The monoisotopic (exact) mass is 286 g/mol. The molecule has 0 aliphatic carbocycles. The zero-order valence-electron chi connectivity index (χ0n) is 11.8. The quantitative estimate of drug-likeness (QED) is 0.801. The molecular formula is C13H22N2O3S. The number of rotatable bonds is 5. The van der Waals surface area contributed by atoms with E-state index in [1.165, 1.54) is 10.4 Å². The van der Waals surface area contributed by atoms with Gasteiger partial charge in [0.1, 0.15) is 0 Å². The van der Waals surface area contributed by atoms with Crippen LogP contribution in [0.1, 0.15) is 26.3 Å². The van der Waals surface area contributed by atoms with Crippen molar-refractivity contribution in [3.8, 4) is 0 Å². The molecule has 6 heteroatoms. The fourth-order valence-electron chi connectivity index (χ4n) is 1.87. The Balaban J connectivity index is 3.20. The summed E-state index contributed by atoms with van der Waals surface area (Å²) in [6.07, 6.45) is 0. The third-order valence-electron chi connectivity index (χ3n) is 2.63. The number of benzene rings is 1. The number of anilines is 1. The number of nitrogens with zero attached hydrogens (tertiary/aromatic N) is 1. The van der Waals surface area contributed by atoms with E-state index in [2.05, 4.69) is 0 Å². The van der Waals surface area contributed by atoms with Crippen LogP contribution in [-0.4, -0.2) is 36.5 Å². The zero-order valence-corrected chi connectivity index (χ0v) is 12.7. The fraction of sp³-hybridized carbons (Fsp3) is 0.538. The average molecular weight is 286 g/mol. The van der Waals surface area contributed by atoms with Gasteiger partial charge >= 0.3 is 0 Å². The maximum absolute atomic E-state index is 12.5. The standard InChI is InChI=1S/C13H22N2O3S/c1-5-15(9-13(3,4)16)19(17,18)12-7-10(2)6-11(14)8-12/h6-8,16H,5,9,14H2,1-4H3. The first-order valence-corrected chi connectivity index (χ1v) is 7.60. The van der Waals surface area contributed by atoms with Crippen molar-refractivity contribution in [3.63, 3.8) is 0 Å². The summed E-state index contributed by atoms with van der Waals surface area (Å²) in [5.41, 5.74) is 5.81. The number of aliphatic hydroxyl groups is 1. The van der Waals surface area contributed by atoms with Gasteiger partial charge in [0, 0.05) is 18.8 Å². The van der Waals surface area contributed by atoms with Gasteiger partial charge in [-0.3, -0.25) is 0 Å². The summed E-state index contributed by atoms with van der Waals surface area (Å²) in [7, 11) is -3.64. The van der Waals surface area contributed by atoms with E-state index in [1.54, 1.807) is 39.8 Å². The summed E-state index contributed by atoms with van der Waals surface area (Å²) in [5, 5.41) is 9.81. The number of nitrogen functional groups attached to an aromatic ring is 1. The summed E-state index contributed by atoms with van der Waals surface area (Å²) >= 11 is 0. The molecule has 0 aliphatic rings. The van der Waals surface area contributed by atoms with Gasteiger partial charge in [-0.1, -0.05) is 6.92 Å². The maximum Gasteiger partial charge on any atom is 0.243 e. The fourth-order valence-corrected chi connectivity index (χ4v) is 3.62. The van der Waals surface area contributed by atoms with E-state index < -0.39 is 15.6 Å². The third-order valence-corrected chi connectivity index (χ3v) is 4.53. The highest BCUT2D eigenvalue weighted by Gasteiger charge is 2.28. The van der Waals surface area contributed by atoms with Gasteiger partial charge < -0.3 is 10.8 Å². The Labute approximate surface area is 115 Å². The van der Waals surface area contributed by atoms with Crippen LogP contribution in [0.25, 0.3) is 0 Å². The van der Waals surface area contributed by atoms with Gasteiger partial charge in [0.25, 0.3) is 0 Å². The largest absolute Gasteiger partial charge is 0.399 e. The van der Waals surface area contributed by atoms with Gasteiger partial charge in [-0.15, -0.1) is 0 Å². The van der Waals surface area contributed by atoms with Crippen LogP contribution in [0.2, 0.25) is 0 Å². The van der Waals surface area contributed by atoms with Crippen molar-refractivity contribution < 1.29 is 13.5 Å². The molecule has 5 nitrogen and oxygen atoms in total. The Kier molecular flexibility index (Phi) is 4.60. The molecule has 0 amide bonds. The van der Waals surface area contributed by atoms with E-state index in [-0.39, 0.29) is 11.4 Å². The smallest absolute Gasteiger partial charge is 0.243 e. The van der Waals surface area contributed by atoms with E-state index in [9.17, 15) is 13.5 Å². The first-order chi connectivity index (χ1) is 8.56. The molecule has 0 atom stereocenters. The second kappa shape index (κ2) is 5.48. The zero-order chi connectivity index (χ0) is 14.8. The number of hydrogen-bond donors (Lipinski definition) is 2. The molecule has 0 saturated heterocycles. The molecule has 0 fully saturated rings.